The molecule has 9 nitrogen and oxygen atoms in total. The highest BCUT2D eigenvalue weighted by Gasteiger charge is 2.37. The first kappa shape index (κ1) is 24.3. The number of nitrogens with zero attached hydrogens (tertiary/aromatic N) is 6. The fraction of sp³-hybridized carbons (Fsp3) is 0.435. The zero-order valence-corrected chi connectivity index (χ0v) is 22.0. The third-order valence-electron chi connectivity index (χ3n) is 6.23. The summed E-state index contributed by atoms with van der Waals surface area (Å²) in [5, 5.41) is 0.100. The van der Waals surface area contributed by atoms with Gasteiger partial charge in [0.2, 0.25) is 5.28 Å². The summed E-state index contributed by atoms with van der Waals surface area (Å²) in [6, 6.07) is 7.80. The van der Waals surface area contributed by atoms with Crippen molar-refractivity contribution in [2.45, 2.75) is 59.0 Å². The average Bonchev–Trinajstić information content (AvgIpc) is 3.32. The van der Waals surface area contributed by atoms with Crippen LogP contribution in [0.2, 0.25) is 23.4 Å². The summed E-state index contributed by atoms with van der Waals surface area (Å²) in [6.45, 7) is 13.4. The molecule has 0 radical (unpaired) electrons. The summed E-state index contributed by atoms with van der Waals surface area (Å²) in [5.74, 6) is 0.803. The van der Waals surface area contributed by atoms with Gasteiger partial charge in [-0.05, 0) is 48.8 Å². The van der Waals surface area contributed by atoms with Crippen molar-refractivity contribution < 1.29 is 14.0 Å². The van der Waals surface area contributed by atoms with Gasteiger partial charge in [0.25, 0.3) is 0 Å². The van der Waals surface area contributed by atoms with Gasteiger partial charge in [-0.1, -0.05) is 32.9 Å². The Bertz CT molecular complexity index is 1360. The van der Waals surface area contributed by atoms with Crippen molar-refractivity contribution >= 4 is 48.1 Å². The van der Waals surface area contributed by atoms with E-state index in [1.165, 1.54) is 0 Å². The first-order valence-electron chi connectivity index (χ1n) is 11.2. The summed E-state index contributed by atoms with van der Waals surface area (Å²) >= 11 is 6.34. The summed E-state index contributed by atoms with van der Waals surface area (Å²) in [4.78, 5) is 30.3. The van der Waals surface area contributed by atoms with E-state index in [0.29, 0.717) is 36.0 Å². The van der Waals surface area contributed by atoms with E-state index in [9.17, 15) is 4.79 Å². The van der Waals surface area contributed by atoms with Crippen LogP contribution < -0.4 is 0 Å². The highest BCUT2D eigenvalue weighted by atomic mass is 35.5. The SMILES string of the molecule is CCOC(=O)Cn1cnc2c(-n3c(CO[Si](C)(C)C(C)(C)C)nc4ccccc43)nc(Cl)nc21. The topological polar surface area (TPSA) is 97.0 Å². The third-order valence-corrected chi connectivity index (χ3v) is 10.9. The van der Waals surface area contributed by atoms with Crippen molar-refractivity contribution in [3.63, 3.8) is 0 Å². The van der Waals surface area contributed by atoms with E-state index in [1.807, 2.05) is 28.8 Å². The number of aromatic nitrogens is 6. The summed E-state index contributed by atoms with van der Waals surface area (Å²) in [5.41, 5.74) is 2.61. The maximum atomic E-state index is 12.1. The van der Waals surface area contributed by atoms with E-state index in [0.717, 1.165) is 11.0 Å². The van der Waals surface area contributed by atoms with Crippen LogP contribution >= 0.6 is 11.6 Å². The van der Waals surface area contributed by atoms with Crippen molar-refractivity contribution in [3.8, 4) is 5.82 Å². The molecule has 0 aliphatic heterocycles. The number of carbonyl (C=O) groups is 1. The molecule has 0 saturated heterocycles. The van der Waals surface area contributed by atoms with Crippen LogP contribution in [-0.2, 0) is 27.1 Å². The zero-order valence-electron chi connectivity index (χ0n) is 20.3. The second kappa shape index (κ2) is 9.08. The molecule has 0 aliphatic carbocycles. The fourth-order valence-corrected chi connectivity index (χ4v) is 4.47. The number of hydrogen-bond acceptors (Lipinski definition) is 7. The van der Waals surface area contributed by atoms with Crippen LogP contribution in [0.15, 0.2) is 30.6 Å². The van der Waals surface area contributed by atoms with Gasteiger partial charge in [0.15, 0.2) is 25.3 Å². The van der Waals surface area contributed by atoms with Crippen LogP contribution in [-0.4, -0.2) is 50.0 Å². The molecule has 3 heterocycles. The Hall–Kier alpha value is -2.82. The third kappa shape index (κ3) is 4.57. The number of halogens is 1. The molecule has 4 aromatic rings. The van der Waals surface area contributed by atoms with Crippen LogP contribution in [0.1, 0.15) is 33.5 Å². The first-order valence-corrected chi connectivity index (χ1v) is 14.4. The Morgan fingerprint density at radius 1 is 1.15 bits per heavy atom. The normalized spacial score (nSPS) is 12.6. The van der Waals surface area contributed by atoms with Crippen molar-refractivity contribution in [2.24, 2.45) is 0 Å². The largest absolute Gasteiger partial charge is 0.465 e. The first-order chi connectivity index (χ1) is 16.0. The van der Waals surface area contributed by atoms with Crippen molar-refractivity contribution in [3.05, 3.63) is 41.7 Å². The van der Waals surface area contributed by atoms with E-state index in [2.05, 4.69) is 48.8 Å². The molecule has 0 amide bonds. The highest BCUT2D eigenvalue weighted by Crippen LogP contribution is 2.37. The van der Waals surface area contributed by atoms with E-state index in [-0.39, 0.29) is 22.8 Å². The Kier molecular flexibility index (Phi) is 6.49. The molecule has 180 valence electrons. The number of imidazole rings is 2. The number of esters is 1. The predicted octanol–water partition coefficient (Wildman–Crippen LogP) is 4.90. The van der Waals surface area contributed by atoms with Crippen LogP contribution in [0.4, 0.5) is 0 Å². The van der Waals surface area contributed by atoms with Gasteiger partial charge in [-0.25, -0.2) is 9.97 Å². The fourth-order valence-electron chi connectivity index (χ4n) is 3.39. The summed E-state index contributed by atoms with van der Waals surface area (Å²) in [7, 11) is -2.03. The number of fused-ring (bicyclic) bond motifs is 2. The van der Waals surface area contributed by atoms with Crippen molar-refractivity contribution in [1.82, 2.24) is 29.1 Å². The quantitative estimate of drug-likeness (QED) is 0.202. The van der Waals surface area contributed by atoms with Crippen LogP contribution in [0.25, 0.3) is 28.0 Å². The van der Waals surface area contributed by atoms with Crippen LogP contribution in [0, 0.1) is 0 Å². The lowest BCUT2D eigenvalue weighted by Crippen LogP contribution is -2.40. The minimum Gasteiger partial charge on any atom is -0.465 e. The molecule has 0 atom stereocenters. The van der Waals surface area contributed by atoms with Gasteiger partial charge in [-0.3, -0.25) is 9.36 Å². The Morgan fingerprint density at radius 3 is 2.59 bits per heavy atom. The molecule has 0 spiro atoms. The molecule has 0 fully saturated rings. The molecule has 0 unspecified atom stereocenters. The standard InChI is InChI=1S/C23H29ClN6O3Si/c1-7-32-18(31)12-29-14-25-19-20(29)27-22(24)28-21(19)30-16-11-9-8-10-15(16)26-17(30)13-33-34(5,6)23(2,3)4/h8-11,14H,7,12-13H2,1-6H3. The lowest BCUT2D eigenvalue weighted by atomic mass is 10.2. The second-order valence-corrected chi connectivity index (χ2v) is 14.7. The maximum Gasteiger partial charge on any atom is 0.326 e. The minimum absolute atomic E-state index is 0.0247. The van der Waals surface area contributed by atoms with Gasteiger partial charge in [0, 0.05) is 0 Å². The minimum atomic E-state index is -2.03. The average molecular weight is 501 g/mol. The lowest BCUT2D eigenvalue weighted by molar-refractivity contribution is -0.143. The number of para-hydroxylation sites is 2. The Morgan fingerprint density at radius 2 is 1.88 bits per heavy atom. The van der Waals surface area contributed by atoms with Gasteiger partial charge in [0.1, 0.15) is 12.4 Å². The lowest BCUT2D eigenvalue weighted by Gasteiger charge is -2.36. The van der Waals surface area contributed by atoms with Crippen molar-refractivity contribution in [1.29, 1.82) is 0 Å². The number of hydrogen-bond donors (Lipinski definition) is 0. The number of benzene rings is 1. The molecule has 0 aliphatic rings. The summed E-state index contributed by atoms with van der Waals surface area (Å²) < 4.78 is 15.1. The number of rotatable bonds is 7. The van der Waals surface area contributed by atoms with E-state index in [1.54, 1.807) is 17.8 Å². The van der Waals surface area contributed by atoms with Gasteiger partial charge in [-0.15, -0.1) is 0 Å². The second-order valence-electron chi connectivity index (χ2n) is 9.57. The number of ether oxygens (including phenoxy) is 1. The van der Waals surface area contributed by atoms with E-state index >= 15 is 0 Å². The Labute approximate surface area is 204 Å². The van der Waals surface area contributed by atoms with E-state index in [4.69, 9.17) is 25.7 Å². The summed E-state index contributed by atoms with van der Waals surface area (Å²) in [6.07, 6.45) is 1.54. The molecule has 4 rings (SSSR count). The van der Waals surface area contributed by atoms with Crippen LogP contribution in [0.5, 0.6) is 0 Å². The van der Waals surface area contributed by atoms with E-state index < -0.39 is 8.32 Å². The number of carbonyl (C=O) groups excluding carboxylic acids is 1. The molecular formula is C23H29ClN6O3Si. The molecule has 1 aromatic carbocycles. The van der Waals surface area contributed by atoms with Gasteiger partial charge >= 0.3 is 5.97 Å². The van der Waals surface area contributed by atoms with Gasteiger partial charge in [-0.2, -0.15) is 9.97 Å². The molecule has 0 saturated carbocycles. The highest BCUT2D eigenvalue weighted by molar-refractivity contribution is 6.74. The molecule has 3 aromatic heterocycles. The molecule has 0 N–H and O–H groups in total. The Balaban J connectivity index is 1.85. The zero-order chi connectivity index (χ0) is 24.7. The van der Waals surface area contributed by atoms with Gasteiger partial charge < -0.3 is 13.7 Å². The van der Waals surface area contributed by atoms with Gasteiger partial charge in [0.05, 0.1) is 30.6 Å². The molecule has 0 bridgehead atoms. The predicted molar refractivity (Wildman–Crippen MR) is 134 cm³/mol. The van der Waals surface area contributed by atoms with Crippen molar-refractivity contribution in [2.75, 3.05) is 6.61 Å². The molecule has 34 heavy (non-hydrogen) atoms. The maximum absolute atomic E-state index is 12.1. The monoisotopic (exact) mass is 500 g/mol. The smallest absolute Gasteiger partial charge is 0.326 e. The molecule has 11 heteroatoms. The van der Waals surface area contributed by atoms with Crippen LogP contribution in [0.3, 0.4) is 0 Å². The molecular weight excluding hydrogens is 472 g/mol.